The Kier molecular flexibility index (Phi) is 7.45. The summed E-state index contributed by atoms with van der Waals surface area (Å²) in [6, 6.07) is 1.93. The lowest BCUT2D eigenvalue weighted by Crippen LogP contribution is -2.33. The summed E-state index contributed by atoms with van der Waals surface area (Å²) >= 11 is 6.05. The molecule has 0 bridgehead atoms. The lowest BCUT2D eigenvalue weighted by atomic mass is 10.2. The average molecular weight is 519 g/mol. The zero-order valence-corrected chi connectivity index (χ0v) is 19.3. The molecule has 188 valence electrons. The Hall–Kier alpha value is -3.52. The zero-order valence-electron chi connectivity index (χ0n) is 18.5. The predicted molar refractivity (Wildman–Crippen MR) is 115 cm³/mol. The van der Waals surface area contributed by atoms with Crippen molar-refractivity contribution in [3.05, 3.63) is 56.7 Å². The summed E-state index contributed by atoms with van der Waals surface area (Å²) in [6.45, 7) is 3.14. The van der Waals surface area contributed by atoms with E-state index in [0.717, 1.165) is 4.57 Å². The van der Waals surface area contributed by atoms with Gasteiger partial charge < -0.3 is 15.2 Å². The van der Waals surface area contributed by atoms with Crippen molar-refractivity contribution < 1.29 is 32.2 Å². The fraction of sp³-hybridized carbons (Fsp3) is 0.350. The van der Waals surface area contributed by atoms with Crippen LogP contribution in [0.4, 0.5) is 23.2 Å². The molecule has 0 saturated heterocycles. The summed E-state index contributed by atoms with van der Waals surface area (Å²) in [5, 5.41) is 15.6. The topological polar surface area (TPSA) is 124 Å². The van der Waals surface area contributed by atoms with Gasteiger partial charge in [-0.25, -0.2) is 9.18 Å². The van der Waals surface area contributed by atoms with Crippen molar-refractivity contribution in [2.75, 3.05) is 5.32 Å². The van der Waals surface area contributed by atoms with E-state index in [0.29, 0.717) is 17.7 Å². The van der Waals surface area contributed by atoms with Crippen molar-refractivity contribution in [3.8, 4) is 11.7 Å². The van der Waals surface area contributed by atoms with Gasteiger partial charge in [0.15, 0.2) is 23.6 Å². The van der Waals surface area contributed by atoms with E-state index in [1.165, 1.54) is 19.2 Å². The third-order valence-corrected chi connectivity index (χ3v) is 5.16. The molecule has 15 heteroatoms. The Morgan fingerprint density at radius 1 is 1.37 bits per heavy atom. The normalized spacial score (nSPS) is 12.5. The number of aliphatic hydroxyl groups is 1. The summed E-state index contributed by atoms with van der Waals surface area (Å²) in [5.41, 5.74) is -1.28. The van der Waals surface area contributed by atoms with Crippen molar-refractivity contribution in [1.29, 1.82) is 0 Å². The molecular formula is C20H19ClF4N6O4. The number of alkyl halides is 3. The van der Waals surface area contributed by atoms with Crippen LogP contribution in [0.15, 0.2) is 23.1 Å². The van der Waals surface area contributed by atoms with Gasteiger partial charge in [-0.3, -0.25) is 14.3 Å². The minimum atomic E-state index is -4.85. The molecule has 3 heterocycles. The third-order valence-electron chi connectivity index (χ3n) is 4.84. The molecule has 0 radical (unpaired) electrons. The van der Waals surface area contributed by atoms with E-state index < -0.39 is 53.6 Å². The van der Waals surface area contributed by atoms with Gasteiger partial charge in [-0.05, 0) is 32.9 Å². The maximum atomic E-state index is 15.0. The highest BCUT2D eigenvalue weighted by atomic mass is 35.5. The second-order valence-corrected chi connectivity index (χ2v) is 7.58. The van der Waals surface area contributed by atoms with Gasteiger partial charge in [0, 0.05) is 12.7 Å². The number of nitrogens with one attached hydrogen (secondary N) is 1. The number of ether oxygens (including phenoxy) is 1. The SMILES string of the molecule is CCn1c(CO)nn(-c2nc(O[C@@H](C)C(F)(F)F)c(C(=O)Nc3c(Cl)ccnc3C)cc2F)c1=O. The number of anilines is 1. The molecule has 10 nitrogen and oxygen atoms in total. The van der Waals surface area contributed by atoms with Crippen molar-refractivity contribution in [2.24, 2.45) is 0 Å². The maximum Gasteiger partial charge on any atom is 0.425 e. The standard InChI is InChI=1S/C20H19ClF4N6O4/c1-4-30-14(8-32)29-31(19(30)34)16-13(22)7-11(18(28-16)35-10(3)20(23,24)25)17(33)27-15-9(2)26-6-5-12(15)21/h5-7,10,32H,4,8H2,1-3H3,(H,27,33)/t10-/m0/s1. The monoisotopic (exact) mass is 518 g/mol. The van der Waals surface area contributed by atoms with Gasteiger partial charge in [-0.2, -0.15) is 22.8 Å². The summed E-state index contributed by atoms with van der Waals surface area (Å²) in [7, 11) is 0. The largest absolute Gasteiger partial charge is 0.464 e. The van der Waals surface area contributed by atoms with Gasteiger partial charge in [-0.15, -0.1) is 5.10 Å². The van der Waals surface area contributed by atoms with Gasteiger partial charge in [0.05, 0.1) is 16.4 Å². The molecule has 2 N–H and O–H groups in total. The first-order chi connectivity index (χ1) is 16.4. The molecule has 0 aliphatic carbocycles. The smallest absolute Gasteiger partial charge is 0.425 e. The molecule has 3 aromatic rings. The van der Waals surface area contributed by atoms with Crippen molar-refractivity contribution in [3.63, 3.8) is 0 Å². The molecule has 3 rings (SSSR count). The fourth-order valence-electron chi connectivity index (χ4n) is 2.97. The van der Waals surface area contributed by atoms with Gasteiger partial charge in [0.1, 0.15) is 12.2 Å². The van der Waals surface area contributed by atoms with Crippen LogP contribution in [0.25, 0.3) is 5.82 Å². The van der Waals surface area contributed by atoms with Crippen LogP contribution in [0, 0.1) is 12.7 Å². The molecule has 0 aliphatic heterocycles. The van der Waals surface area contributed by atoms with Crippen LogP contribution in [0.5, 0.6) is 5.88 Å². The highest BCUT2D eigenvalue weighted by molar-refractivity contribution is 6.34. The average Bonchev–Trinajstić information content (AvgIpc) is 3.11. The van der Waals surface area contributed by atoms with Crippen LogP contribution in [-0.4, -0.2) is 47.6 Å². The molecule has 0 unspecified atom stereocenters. The molecule has 3 aromatic heterocycles. The number of rotatable bonds is 7. The second kappa shape index (κ2) is 10.00. The van der Waals surface area contributed by atoms with Crippen molar-refractivity contribution >= 4 is 23.2 Å². The van der Waals surface area contributed by atoms with Crippen molar-refractivity contribution in [2.45, 2.75) is 46.2 Å². The number of pyridine rings is 2. The third kappa shape index (κ3) is 5.27. The Labute approximate surface area is 200 Å². The molecule has 0 saturated carbocycles. The van der Waals surface area contributed by atoms with E-state index in [1.54, 1.807) is 6.92 Å². The number of carbonyl (C=O) groups excluding carboxylic acids is 1. The summed E-state index contributed by atoms with van der Waals surface area (Å²) in [5.74, 6) is -4.22. The number of carbonyl (C=O) groups is 1. The number of aromatic nitrogens is 5. The van der Waals surface area contributed by atoms with Gasteiger partial charge in [0.2, 0.25) is 5.88 Å². The minimum Gasteiger partial charge on any atom is -0.464 e. The number of hydrogen-bond donors (Lipinski definition) is 2. The van der Waals surface area contributed by atoms with Crippen molar-refractivity contribution in [1.82, 2.24) is 24.3 Å². The summed E-state index contributed by atoms with van der Waals surface area (Å²) < 4.78 is 60.9. The van der Waals surface area contributed by atoms with E-state index in [9.17, 15) is 27.9 Å². The van der Waals surface area contributed by atoms with Crippen LogP contribution >= 0.6 is 11.6 Å². The van der Waals surface area contributed by atoms with Gasteiger partial charge >= 0.3 is 11.9 Å². The lowest BCUT2D eigenvalue weighted by Gasteiger charge is -2.19. The number of aryl methyl sites for hydroxylation is 1. The molecule has 0 aliphatic rings. The lowest BCUT2D eigenvalue weighted by molar-refractivity contribution is -0.190. The Morgan fingerprint density at radius 2 is 2.06 bits per heavy atom. The summed E-state index contributed by atoms with van der Waals surface area (Å²) in [4.78, 5) is 33.1. The molecule has 0 spiro atoms. The van der Waals surface area contributed by atoms with Crippen LogP contribution in [0.1, 0.15) is 35.7 Å². The van der Waals surface area contributed by atoms with Crippen LogP contribution in [0.3, 0.4) is 0 Å². The second-order valence-electron chi connectivity index (χ2n) is 7.17. The zero-order chi connectivity index (χ0) is 26.1. The number of nitrogens with zero attached hydrogens (tertiary/aromatic N) is 5. The first-order valence-electron chi connectivity index (χ1n) is 10.0. The first-order valence-corrected chi connectivity index (χ1v) is 10.4. The molecule has 35 heavy (non-hydrogen) atoms. The highest BCUT2D eigenvalue weighted by Crippen LogP contribution is 2.30. The molecule has 0 aromatic carbocycles. The van der Waals surface area contributed by atoms with E-state index in [1.807, 2.05) is 0 Å². The Bertz CT molecular complexity index is 1300. The molecular weight excluding hydrogens is 500 g/mol. The highest BCUT2D eigenvalue weighted by Gasteiger charge is 2.39. The Balaban J connectivity index is 2.16. The van der Waals surface area contributed by atoms with Gasteiger partial charge in [0.25, 0.3) is 5.91 Å². The number of halogens is 5. The number of aliphatic hydroxyl groups excluding tert-OH is 1. The minimum absolute atomic E-state index is 0.0453. The molecule has 1 atom stereocenters. The quantitative estimate of drug-likeness (QED) is 0.461. The molecule has 0 fully saturated rings. The van der Waals surface area contributed by atoms with Gasteiger partial charge in [-0.1, -0.05) is 11.6 Å². The van der Waals surface area contributed by atoms with E-state index in [2.05, 4.69) is 20.4 Å². The Morgan fingerprint density at radius 3 is 2.60 bits per heavy atom. The first kappa shape index (κ1) is 26.1. The number of amides is 1. The van der Waals surface area contributed by atoms with Crippen LogP contribution < -0.4 is 15.7 Å². The van der Waals surface area contributed by atoms with Crippen LogP contribution in [-0.2, 0) is 13.2 Å². The fourth-order valence-corrected chi connectivity index (χ4v) is 3.21. The maximum absolute atomic E-state index is 15.0. The molecule has 1 amide bonds. The predicted octanol–water partition coefficient (Wildman–Crippen LogP) is 3.02. The van der Waals surface area contributed by atoms with E-state index in [-0.39, 0.29) is 28.8 Å². The van der Waals surface area contributed by atoms with Crippen LogP contribution in [0.2, 0.25) is 5.02 Å². The van der Waals surface area contributed by atoms with E-state index in [4.69, 9.17) is 16.3 Å². The van der Waals surface area contributed by atoms with E-state index >= 15 is 4.39 Å². The summed E-state index contributed by atoms with van der Waals surface area (Å²) in [6.07, 6.45) is -5.92. The number of hydrogen-bond acceptors (Lipinski definition) is 7.